The molecule has 7 amide bonds. The Balaban J connectivity index is 2.19. The van der Waals surface area contributed by atoms with Gasteiger partial charge in [0.1, 0.15) is 36.0 Å². The molecule has 1 heterocycles. The summed E-state index contributed by atoms with van der Waals surface area (Å²) in [5.41, 5.74) is 12.9. The minimum absolute atomic E-state index is 0.0248. The van der Waals surface area contributed by atoms with Gasteiger partial charge in [0, 0.05) is 15.4 Å². The molecule has 18 nitrogen and oxygen atoms in total. The number of nitrogens with two attached hydrogens (primary N) is 2. The van der Waals surface area contributed by atoms with Gasteiger partial charge >= 0.3 is 5.97 Å². The Labute approximate surface area is 375 Å². The topological polar surface area (TPSA) is 301 Å². The first-order chi connectivity index (χ1) is 29.5. The molecule has 20 heteroatoms. The molecule has 1 aliphatic heterocycles. The number of phenolic OH excluding ortho intramolecular Hbond substituents is 1. The second-order valence-electron chi connectivity index (χ2n) is 16.9. The summed E-state index contributed by atoms with van der Waals surface area (Å²) < 4.78 is -2.57. The summed E-state index contributed by atoms with van der Waals surface area (Å²) in [6.45, 7) is 11.6. The first kappa shape index (κ1) is 52.0. The molecule has 63 heavy (non-hydrogen) atoms. The molecular weight excluding hydrogens is 853 g/mol. The average molecular weight is 915 g/mol. The smallest absolute Gasteiger partial charge is 0.305 e. The Hall–Kier alpha value is -5.34. The lowest BCUT2D eigenvalue weighted by Crippen LogP contribution is -2.65. The van der Waals surface area contributed by atoms with Crippen LogP contribution in [0, 0.1) is 5.92 Å². The molecule has 0 aliphatic carbocycles. The molecule has 0 bridgehead atoms. The van der Waals surface area contributed by atoms with Crippen LogP contribution in [-0.2, 0) is 44.8 Å². The van der Waals surface area contributed by atoms with Crippen molar-refractivity contribution < 1.29 is 48.6 Å². The van der Waals surface area contributed by atoms with Crippen molar-refractivity contribution in [2.45, 2.75) is 132 Å². The number of carbonyl (C=O) groups is 8. The predicted octanol–water partition coefficient (Wildman–Crippen LogP) is 1.34. The Morgan fingerprint density at radius 3 is 2.03 bits per heavy atom. The number of carbonyl (C=O) groups excluding carboxylic acids is 7. The van der Waals surface area contributed by atoms with Crippen molar-refractivity contribution in [3.8, 4) is 5.75 Å². The van der Waals surface area contributed by atoms with E-state index >= 15 is 0 Å². The third kappa shape index (κ3) is 15.5. The van der Waals surface area contributed by atoms with Gasteiger partial charge < -0.3 is 53.6 Å². The van der Waals surface area contributed by atoms with Gasteiger partial charge in [-0.1, -0.05) is 97.7 Å². The van der Waals surface area contributed by atoms with Gasteiger partial charge in [-0.25, -0.2) is 0 Å². The summed E-state index contributed by atoms with van der Waals surface area (Å²) >= 11 is 0. The van der Waals surface area contributed by atoms with Gasteiger partial charge in [-0.3, -0.25) is 38.4 Å². The third-order valence-electron chi connectivity index (χ3n) is 10.5. The van der Waals surface area contributed by atoms with Crippen molar-refractivity contribution in [3.05, 3.63) is 65.7 Å². The second-order valence-corrected chi connectivity index (χ2v) is 20.4. The van der Waals surface area contributed by atoms with Crippen LogP contribution in [0.25, 0.3) is 0 Å². The van der Waals surface area contributed by atoms with Gasteiger partial charge in [0.15, 0.2) is 0 Å². The highest BCUT2D eigenvalue weighted by Gasteiger charge is 2.47. The predicted molar refractivity (Wildman–Crippen MR) is 241 cm³/mol. The van der Waals surface area contributed by atoms with Gasteiger partial charge in [0.2, 0.25) is 41.4 Å². The second kappa shape index (κ2) is 23.4. The number of nitrogens with one attached hydrogen (secondary N) is 6. The summed E-state index contributed by atoms with van der Waals surface area (Å²) in [5.74, 6) is -8.27. The molecule has 3 rings (SSSR count). The van der Waals surface area contributed by atoms with E-state index in [2.05, 4.69) is 31.9 Å². The van der Waals surface area contributed by atoms with Gasteiger partial charge in [0.25, 0.3) is 0 Å². The largest absolute Gasteiger partial charge is 0.508 e. The number of aliphatic carboxylic acids is 1. The molecule has 1 aliphatic rings. The summed E-state index contributed by atoms with van der Waals surface area (Å²) in [5, 5.41) is 35.6. The van der Waals surface area contributed by atoms with Crippen LogP contribution in [0.2, 0.25) is 0 Å². The molecular formula is C43H62N8O10S2. The van der Waals surface area contributed by atoms with Crippen molar-refractivity contribution in [2.75, 3.05) is 6.54 Å². The zero-order valence-electron chi connectivity index (χ0n) is 36.7. The lowest BCUT2D eigenvalue weighted by Gasteiger charge is -2.40. The van der Waals surface area contributed by atoms with E-state index in [0.29, 0.717) is 24.0 Å². The number of carboxylic acids is 1. The minimum atomic E-state index is -1.76. The Bertz CT molecular complexity index is 1950. The number of phenols is 1. The van der Waals surface area contributed by atoms with Crippen LogP contribution < -0.4 is 43.4 Å². The van der Waals surface area contributed by atoms with E-state index in [4.69, 9.17) is 11.5 Å². The molecule has 0 spiro atoms. The molecule has 7 atom stereocenters. The fraction of sp³-hybridized carbons (Fsp3) is 0.535. The standard InChI is InChI=1S/C43H62N8O10S2/c1-8-9-15-28(37(57)46-22-30(45)53)47-40(60)34-42(4,5)62-63-43(6,7)35(50-36(56)27(44)20-24-16-18-26(52)19-17-24)41(61)49-33(32(23(2)3)25-13-11-10-12-14-25)39(59)48-29(21-31(54)55)38(58)51-34/h10-14,16-19,23,27-29,32-35,52H,8-9,15,20-22,44H2,1-7H3,(H2,45,53)(H,46,57)(H,47,60)(H,48,59)(H,49,61)(H,50,56)(H,51,58)(H,54,55)/t27-,28-,29-,32-,33-,34?,35-/m0/s1. The van der Waals surface area contributed by atoms with Crippen molar-refractivity contribution in [2.24, 2.45) is 17.4 Å². The number of aromatic hydroxyl groups is 1. The quantitative estimate of drug-likeness (QED) is 0.100. The summed E-state index contributed by atoms with van der Waals surface area (Å²) in [7, 11) is 2.17. The van der Waals surface area contributed by atoms with Crippen LogP contribution in [0.1, 0.15) is 91.2 Å². The SMILES string of the molecule is CCCC[C@H](NC(=O)C1NC(=O)[C@H](CC(=O)O)NC(=O)[C@H]([C@H](c2ccccc2)C(C)C)NC(=O)[C@H](NC(=O)[C@@H](N)Cc2ccc(O)cc2)C(C)(C)SSC1(C)C)C(=O)NCC(N)=O. The van der Waals surface area contributed by atoms with Crippen LogP contribution in [0.3, 0.4) is 0 Å². The number of amides is 7. The Morgan fingerprint density at radius 2 is 1.46 bits per heavy atom. The van der Waals surface area contributed by atoms with Crippen LogP contribution in [0.15, 0.2) is 54.6 Å². The molecule has 0 radical (unpaired) electrons. The van der Waals surface area contributed by atoms with Crippen molar-refractivity contribution in [1.82, 2.24) is 31.9 Å². The van der Waals surface area contributed by atoms with Gasteiger partial charge in [-0.2, -0.15) is 0 Å². The number of hydrogen-bond acceptors (Lipinski definition) is 12. The zero-order chi connectivity index (χ0) is 47.2. The van der Waals surface area contributed by atoms with Crippen molar-refractivity contribution >= 4 is 68.9 Å². The molecule has 2 aromatic carbocycles. The van der Waals surface area contributed by atoms with Crippen LogP contribution in [-0.4, -0.2) is 110 Å². The van der Waals surface area contributed by atoms with E-state index < -0.39 is 112 Å². The molecule has 12 N–H and O–H groups in total. The maximum Gasteiger partial charge on any atom is 0.305 e. The Kier molecular flexibility index (Phi) is 19.3. The highest BCUT2D eigenvalue weighted by atomic mass is 33.1. The summed E-state index contributed by atoms with van der Waals surface area (Å²) in [6, 6.07) is 6.52. The number of benzene rings is 2. The average Bonchev–Trinajstić information content (AvgIpc) is 3.21. The number of primary amides is 1. The van der Waals surface area contributed by atoms with E-state index in [-0.39, 0.29) is 24.5 Å². The molecule has 1 saturated heterocycles. The summed E-state index contributed by atoms with van der Waals surface area (Å²) in [6.07, 6.45) is 0.439. The highest BCUT2D eigenvalue weighted by Crippen LogP contribution is 2.47. The van der Waals surface area contributed by atoms with E-state index in [1.165, 1.54) is 12.1 Å². The fourth-order valence-corrected chi connectivity index (χ4v) is 9.78. The summed E-state index contributed by atoms with van der Waals surface area (Å²) in [4.78, 5) is 109. The number of unbranched alkanes of at least 4 members (excludes halogenated alkanes) is 1. The lowest BCUT2D eigenvalue weighted by atomic mass is 9.81. The number of rotatable bonds is 17. The van der Waals surface area contributed by atoms with Crippen molar-refractivity contribution in [1.29, 1.82) is 0 Å². The van der Waals surface area contributed by atoms with Gasteiger partial charge in [-0.05, 0) is 69.7 Å². The van der Waals surface area contributed by atoms with E-state index in [0.717, 1.165) is 21.6 Å². The van der Waals surface area contributed by atoms with E-state index in [9.17, 15) is 48.6 Å². The maximum absolute atomic E-state index is 14.8. The first-order valence-corrected chi connectivity index (χ1v) is 22.9. The van der Waals surface area contributed by atoms with Crippen LogP contribution in [0.5, 0.6) is 5.75 Å². The lowest BCUT2D eigenvalue weighted by molar-refractivity contribution is -0.142. The fourth-order valence-electron chi connectivity index (χ4n) is 6.96. The highest BCUT2D eigenvalue weighted by molar-refractivity contribution is 8.77. The van der Waals surface area contributed by atoms with Gasteiger partial charge in [-0.15, -0.1) is 0 Å². The number of hydrogen-bond donors (Lipinski definition) is 10. The molecule has 346 valence electrons. The number of carboxylic acid groups (broad SMARTS) is 1. The molecule has 0 aromatic heterocycles. The molecule has 0 saturated carbocycles. The normalized spacial score (nSPS) is 21.8. The van der Waals surface area contributed by atoms with Crippen molar-refractivity contribution in [3.63, 3.8) is 0 Å². The Morgan fingerprint density at radius 1 is 0.841 bits per heavy atom. The molecule has 1 unspecified atom stereocenters. The van der Waals surface area contributed by atoms with Crippen LogP contribution in [0.4, 0.5) is 0 Å². The monoisotopic (exact) mass is 914 g/mol. The van der Waals surface area contributed by atoms with E-state index in [1.54, 1.807) is 70.2 Å². The van der Waals surface area contributed by atoms with E-state index in [1.807, 2.05) is 20.8 Å². The molecule has 2 aromatic rings. The molecule has 1 fully saturated rings. The third-order valence-corrected chi connectivity index (χ3v) is 14.7. The van der Waals surface area contributed by atoms with Crippen LogP contribution >= 0.6 is 21.6 Å². The maximum atomic E-state index is 14.8. The van der Waals surface area contributed by atoms with Gasteiger partial charge in [0.05, 0.1) is 19.0 Å². The minimum Gasteiger partial charge on any atom is -0.508 e. The first-order valence-electron chi connectivity index (χ1n) is 20.7. The zero-order valence-corrected chi connectivity index (χ0v) is 38.3.